The Balaban J connectivity index is 1.36. The van der Waals surface area contributed by atoms with Gasteiger partial charge in [0.05, 0.1) is 51.8 Å². The molecule has 0 aliphatic carbocycles. The van der Waals surface area contributed by atoms with E-state index in [4.69, 9.17) is 47.4 Å². The Labute approximate surface area is 426 Å². The van der Waals surface area contributed by atoms with Crippen LogP contribution in [0.2, 0.25) is 0 Å². The Bertz CT molecular complexity index is 1800. The number of aliphatic hydroxyl groups excluding tert-OH is 17. The van der Waals surface area contributed by atoms with Crippen molar-refractivity contribution in [3.63, 3.8) is 0 Å². The molecule has 75 heavy (non-hydrogen) atoms. The van der Waals surface area contributed by atoms with Gasteiger partial charge in [0.2, 0.25) is 17.7 Å². The van der Waals surface area contributed by atoms with Crippen molar-refractivity contribution in [2.24, 2.45) is 0 Å². The van der Waals surface area contributed by atoms with Crippen molar-refractivity contribution in [1.29, 1.82) is 0 Å². The van der Waals surface area contributed by atoms with Gasteiger partial charge in [0.25, 0.3) is 0 Å². The van der Waals surface area contributed by atoms with Crippen LogP contribution in [0.5, 0.6) is 0 Å². The van der Waals surface area contributed by atoms with Crippen molar-refractivity contribution in [1.82, 2.24) is 16.0 Å². The van der Waals surface area contributed by atoms with Gasteiger partial charge in [-0.3, -0.25) is 14.4 Å². The highest BCUT2D eigenvalue weighted by molar-refractivity contribution is 5.74. The minimum absolute atomic E-state index is 0.760. The molecule has 0 unspecified atom stereocenters. The molecule has 5 saturated heterocycles. The number of nitrogens with one attached hydrogen (secondary N) is 3. The molecule has 5 rings (SSSR count). The summed E-state index contributed by atoms with van der Waals surface area (Å²) in [5, 5.41) is 190. The highest BCUT2D eigenvalue weighted by Gasteiger charge is 2.56. The molecule has 0 radical (unpaired) electrons. The van der Waals surface area contributed by atoms with Crippen LogP contribution in [0.1, 0.15) is 27.7 Å². The van der Waals surface area contributed by atoms with Gasteiger partial charge in [-0.2, -0.15) is 0 Å². The molecule has 33 heteroatoms. The van der Waals surface area contributed by atoms with E-state index in [1.54, 1.807) is 0 Å². The second kappa shape index (κ2) is 28.0. The molecule has 0 spiro atoms. The van der Waals surface area contributed by atoms with Crippen LogP contribution in [0.3, 0.4) is 0 Å². The Morgan fingerprint density at radius 1 is 0.480 bits per heavy atom. The SMILES string of the molecule is CC(=O)N[C@H]1[C@H](OC[C@@H](O)[C@H](O)[C@H](O[C@@H]2O[C@H](CO)[C@H](O)[C@H](O[C@@H]3O[C@H](CO)[C@@H](O)[C@H](O)[C@H]3NC(C)=O)[C@H]2O)[C@H](CO)NC(C)=O)O[C@H](CO)[C@@H](O[C@@H]2O[C@H](CO)[C@H](O)[C@H](O)[C@H]2O[C@@H]2O[C@@H](C)[C@@H](O)[C@@H](O)[C@@H]2O)[C@@H]1O. The third-order valence-electron chi connectivity index (χ3n) is 13.2. The van der Waals surface area contributed by atoms with E-state index in [-0.39, 0.29) is 0 Å². The molecule has 5 aliphatic heterocycles. The van der Waals surface area contributed by atoms with Gasteiger partial charge < -0.3 is 150 Å². The summed E-state index contributed by atoms with van der Waals surface area (Å²) in [6, 6.07) is -5.00. The largest absolute Gasteiger partial charge is 0.394 e. The van der Waals surface area contributed by atoms with Gasteiger partial charge in [0.15, 0.2) is 31.5 Å². The zero-order chi connectivity index (χ0) is 55.9. The van der Waals surface area contributed by atoms with E-state index in [2.05, 4.69) is 16.0 Å². The van der Waals surface area contributed by atoms with Gasteiger partial charge in [-0.15, -0.1) is 0 Å². The molecule has 5 aliphatic rings. The molecule has 0 bridgehead atoms. The smallest absolute Gasteiger partial charge is 0.217 e. The second-order valence-electron chi connectivity index (χ2n) is 18.8. The summed E-state index contributed by atoms with van der Waals surface area (Å²) in [4.78, 5) is 36.9. The fourth-order valence-corrected chi connectivity index (χ4v) is 9.15. The van der Waals surface area contributed by atoms with E-state index in [1.807, 2.05) is 0 Å². The van der Waals surface area contributed by atoms with Crippen LogP contribution in [-0.2, 0) is 61.8 Å². The van der Waals surface area contributed by atoms with Crippen molar-refractivity contribution in [3.05, 3.63) is 0 Å². The predicted octanol–water partition coefficient (Wildman–Crippen LogP) is -13.0. The zero-order valence-corrected chi connectivity index (χ0v) is 40.9. The van der Waals surface area contributed by atoms with Crippen LogP contribution in [0, 0.1) is 0 Å². The first-order valence-corrected chi connectivity index (χ1v) is 23.9. The summed E-state index contributed by atoms with van der Waals surface area (Å²) in [7, 11) is 0. The normalized spacial score (nSPS) is 44.2. The van der Waals surface area contributed by atoms with E-state index in [0.717, 1.165) is 20.8 Å². The van der Waals surface area contributed by atoms with E-state index >= 15 is 0 Å². The average molecular weight is 1100 g/mol. The first kappa shape index (κ1) is 63.2. The number of ether oxygens (including phenoxy) is 10. The number of hydrogen-bond acceptors (Lipinski definition) is 30. The number of rotatable bonds is 22. The van der Waals surface area contributed by atoms with Gasteiger partial charge in [0.1, 0.15) is 134 Å². The van der Waals surface area contributed by atoms with E-state index in [0.29, 0.717) is 0 Å². The lowest BCUT2D eigenvalue weighted by Gasteiger charge is -2.49. The number of hydrogen-bond donors (Lipinski definition) is 20. The van der Waals surface area contributed by atoms with Gasteiger partial charge in [0, 0.05) is 20.8 Å². The predicted molar refractivity (Wildman–Crippen MR) is 235 cm³/mol. The van der Waals surface area contributed by atoms with E-state index in [1.165, 1.54) is 6.92 Å². The van der Waals surface area contributed by atoms with Crippen LogP contribution in [-0.4, -0.2) is 322 Å². The molecule has 0 aromatic heterocycles. The summed E-state index contributed by atoms with van der Waals surface area (Å²) >= 11 is 0. The molecule has 5 heterocycles. The van der Waals surface area contributed by atoms with Gasteiger partial charge in [-0.05, 0) is 6.92 Å². The molecule has 20 N–H and O–H groups in total. The summed E-state index contributed by atoms with van der Waals surface area (Å²) < 4.78 is 57.2. The maximum absolute atomic E-state index is 12.5. The first-order valence-electron chi connectivity index (χ1n) is 23.9. The Morgan fingerprint density at radius 3 is 1.52 bits per heavy atom. The molecule has 33 nitrogen and oxygen atoms in total. The molecule has 436 valence electrons. The van der Waals surface area contributed by atoms with Crippen molar-refractivity contribution >= 4 is 17.7 Å². The quantitative estimate of drug-likeness (QED) is 0.0479. The maximum Gasteiger partial charge on any atom is 0.217 e. The summed E-state index contributed by atoms with van der Waals surface area (Å²) in [5.41, 5.74) is 0. The lowest BCUT2D eigenvalue weighted by Crippen LogP contribution is -2.68. The number of aliphatic hydroxyl groups is 17. The van der Waals surface area contributed by atoms with Crippen molar-refractivity contribution in [3.8, 4) is 0 Å². The molecule has 0 saturated carbocycles. The number of carbonyl (C=O) groups is 3. The molecule has 29 atom stereocenters. The second-order valence-corrected chi connectivity index (χ2v) is 18.8. The fourth-order valence-electron chi connectivity index (χ4n) is 9.15. The molecular weight excluding hydrogens is 1030 g/mol. The van der Waals surface area contributed by atoms with Crippen LogP contribution in [0.25, 0.3) is 0 Å². The molecular formula is C42H73N3O30. The minimum atomic E-state index is -2.31. The molecule has 0 aromatic rings. The topological polar surface area (TPSA) is 524 Å². The fraction of sp³-hybridized carbons (Fsp3) is 0.929. The Hall–Kier alpha value is -2.67. The molecule has 5 fully saturated rings. The van der Waals surface area contributed by atoms with Crippen LogP contribution in [0.15, 0.2) is 0 Å². The first-order chi connectivity index (χ1) is 35.3. The molecule has 0 aromatic carbocycles. The monoisotopic (exact) mass is 1100 g/mol. The zero-order valence-electron chi connectivity index (χ0n) is 40.9. The standard InChI is InChI=1S/C42H73N3O30/c1-11-23(55)30(62)32(64)40(67-11)75-37-31(63)26(58)18(7-48)70-42(37)73-35-20(9-50)71-38(22(29(35)61)45-14(4)53)66-10-16(54)24(56)34(15(5-46)43-12(2)51)72-41-33(65)36(27(59)19(8-49)69-41)74-39-21(44-13(3)52)28(60)25(57)17(6-47)68-39/h11,15-42,46-50,54-65H,5-10H2,1-4H3,(H,43,51)(H,44,52)(H,45,53)/t11-,15-,16+,17+,18+,19+,20+,21+,22+,23+,24-,25+,26-,27-,28+,29+,30+,31-,32-,33+,34+,35+,36-,37+,38+,39-,40-,41-,42-/m0/s1. The molecule has 3 amide bonds. The van der Waals surface area contributed by atoms with Gasteiger partial charge in [-0.25, -0.2) is 0 Å². The third kappa shape index (κ3) is 14.8. The van der Waals surface area contributed by atoms with E-state index < -0.39 is 235 Å². The Morgan fingerprint density at radius 2 is 0.973 bits per heavy atom. The van der Waals surface area contributed by atoms with Crippen LogP contribution < -0.4 is 16.0 Å². The third-order valence-corrected chi connectivity index (χ3v) is 13.2. The lowest BCUT2D eigenvalue weighted by atomic mass is 9.95. The van der Waals surface area contributed by atoms with Crippen molar-refractivity contribution in [2.75, 3.05) is 39.6 Å². The van der Waals surface area contributed by atoms with Crippen molar-refractivity contribution < 1.29 is 149 Å². The van der Waals surface area contributed by atoms with Crippen LogP contribution >= 0.6 is 0 Å². The summed E-state index contributed by atoms with van der Waals surface area (Å²) in [6.07, 6.45) is -48.5. The highest BCUT2D eigenvalue weighted by atomic mass is 16.8. The lowest BCUT2D eigenvalue weighted by molar-refractivity contribution is -0.383. The van der Waals surface area contributed by atoms with E-state index in [9.17, 15) is 101 Å². The minimum Gasteiger partial charge on any atom is -0.394 e. The summed E-state index contributed by atoms with van der Waals surface area (Å²) in [5.74, 6) is -2.42. The van der Waals surface area contributed by atoms with Gasteiger partial charge in [-0.1, -0.05) is 0 Å². The number of amides is 3. The van der Waals surface area contributed by atoms with Crippen LogP contribution in [0.4, 0.5) is 0 Å². The average Bonchev–Trinajstić information content (AvgIpc) is 3.36. The van der Waals surface area contributed by atoms with Crippen molar-refractivity contribution in [2.45, 2.75) is 205 Å². The highest BCUT2D eigenvalue weighted by Crippen LogP contribution is 2.35. The summed E-state index contributed by atoms with van der Waals surface area (Å²) in [6.45, 7) is -1.56. The number of carbonyl (C=O) groups excluding carboxylic acids is 3. The van der Waals surface area contributed by atoms with Gasteiger partial charge >= 0.3 is 0 Å². The Kier molecular flexibility index (Phi) is 23.5. The maximum atomic E-state index is 12.5.